The Morgan fingerprint density at radius 1 is 1.40 bits per heavy atom. The van der Waals surface area contributed by atoms with Crippen LogP contribution in [0.15, 0.2) is 18.2 Å². The summed E-state index contributed by atoms with van der Waals surface area (Å²) in [5.74, 6) is 6.76. The lowest BCUT2D eigenvalue weighted by atomic mass is 9.86. The van der Waals surface area contributed by atoms with Gasteiger partial charge in [-0.25, -0.2) is 0 Å². The lowest BCUT2D eigenvalue weighted by Crippen LogP contribution is -2.35. The summed E-state index contributed by atoms with van der Waals surface area (Å²) in [4.78, 5) is 13.0. The Morgan fingerprint density at radius 3 is 2.55 bits per heavy atom. The molecule has 0 amide bonds. The van der Waals surface area contributed by atoms with Gasteiger partial charge in [0.2, 0.25) is 0 Å². The van der Waals surface area contributed by atoms with E-state index in [1.807, 2.05) is 0 Å². The third-order valence-corrected chi connectivity index (χ3v) is 4.18. The highest BCUT2D eigenvalue weighted by Crippen LogP contribution is 2.37. The van der Waals surface area contributed by atoms with Crippen molar-refractivity contribution in [2.45, 2.75) is 26.7 Å². The number of hydrazine groups is 1. The summed E-state index contributed by atoms with van der Waals surface area (Å²) in [6.45, 7) is 6.19. The fraction of sp³-hybridized carbons (Fsp3) is 0.571. The molecule has 1 heterocycles. The minimum Gasteiger partial charge on any atom is -0.366 e. The van der Waals surface area contributed by atoms with Crippen molar-refractivity contribution in [1.29, 1.82) is 0 Å². The fourth-order valence-corrected chi connectivity index (χ4v) is 2.90. The van der Waals surface area contributed by atoms with Crippen LogP contribution in [0.5, 0.6) is 0 Å². The Labute approximate surface area is 119 Å². The van der Waals surface area contributed by atoms with E-state index in [-0.39, 0.29) is 10.6 Å². The number of benzene rings is 1. The Balaban J connectivity index is 2.24. The summed E-state index contributed by atoms with van der Waals surface area (Å²) in [6.07, 6.45) is 2.16. The number of nitrogens with two attached hydrogens (primary N) is 1. The first-order valence-corrected chi connectivity index (χ1v) is 7.03. The van der Waals surface area contributed by atoms with Gasteiger partial charge in [0.15, 0.2) is 0 Å². The molecular weight excluding hydrogens is 256 g/mol. The Morgan fingerprint density at radius 2 is 2.05 bits per heavy atom. The first-order chi connectivity index (χ1) is 9.54. The number of nitro benzene ring substituents is 1. The molecule has 2 rings (SSSR count). The predicted molar refractivity (Wildman–Crippen MR) is 80.7 cm³/mol. The summed E-state index contributed by atoms with van der Waals surface area (Å²) in [7, 11) is 0. The normalized spacial score (nSPS) is 16.5. The molecule has 0 bridgehead atoms. The first kappa shape index (κ1) is 14.6. The third kappa shape index (κ3) is 2.85. The van der Waals surface area contributed by atoms with Crippen molar-refractivity contribution >= 4 is 17.1 Å². The van der Waals surface area contributed by atoms with E-state index in [4.69, 9.17) is 5.84 Å². The molecule has 0 spiro atoms. The minimum atomic E-state index is -0.362. The topological polar surface area (TPSA) is 84.4 Å². The Bertz CT molecular complexity index is 482. The second kappa shape index (κ2) is 6.09. The van der Waals surface area contributed by atoms with Crippen LogP contribution >= 0.6 is 0 Å². The maximum absolute atomic E-state index is 11.3. The van der Waals surface area contributed by atoms with E-state index < -0.39 is 0 Å². The molecule has 3 N–H and O–H groups in total. The monoisotopic (exact) mass is 278 g/mol. The molecule has 0 saturated carbocycles. The molecule has 0 unspecified atom stereocenters. The number of hydrogen-bond acceptors (Lipinski definition) is 5. The smallest absolute Gasteiger partial charge is 0.316 e. The average molecular weight is 278 g/mol. The second-order valence-corrected chi connectivity index (χ2v) is 5.64. The van der Waals surface area contributed by atoms with Gasteiger partial charge in [-0.05, 0) is 36.8 Å². The number of nitrogens with zero attached hydrogens (tertiary/aromatic N) is 2. The number of hydrogen-bond donors (Lipinski definition) is 2. The molecule has 1 aliphatic rings. The predicted octanol–water partition coefficient (Wildman–Crippen LogP) is 2.75. The van der Waals surface area contributed by atoms with Crippen molar-refractivity contribution in [1.82, 2.24) is 0 Å². The van der Waals surface area contributed by atoms with Crippen molar-refractivity contribution in [2.24, 2.45) is 17.7 Å². The fourth-order valence-electron chi connectivity index (χ4n) is 2.90. The van der Waals surface area contributed by atoms with Crippen LogP contribution in [0.25, 0.3) is 0 Å². The van der Waals surface area contributed by atoms with Crippen LogP contribution in [0.2, 0.25) is 0 Å². The van der Waals surface area contributed by atoms with E-state index in [1.165, 1.54) is 0 Å². The second-order valence-electron chi connectivity index (χ2n) is 5.64. The van der Waals surface area contributed by atoms with Crippen LogP contribution < -0.4 is 16.2 Å². The van der Waals surface area contributed by atoms with E-state index in [9.17, 15) is 10.1 Å². The van der Waals surface area contributed by atoms with Crippen molar-refractivity contribution in [2.75, 3.05) is 23.4 Å². The summed E-state index contributed by atoms with van der Waals surface area (Å²) in [6, 6.07) is 5.23. The zero-order valence-corrected chi connectivity index (χ0v) is 12.0. The van der Waals surface area contributed by atoms with Crippen LogP contribution in [-0.4, -0.2) is 18.0 Å². The van der Waals surface area contributed by atoms with Gasteiger partial charge in [0.25, 0.3) is 0 Å². The first-order valence-electron chi connectivity index (χ1n) is 7.03. The average Bonchev–Trinajstić information content (AvgIpc) is 2.46. The molecule has 0 aliphatic carbocycles. The Kier molecular flexibility index (Phi) is 4.44. The van der Waals surface area contributed by atoms with Crippen molar-refractivity contribution in [3.05, 3.63) is 28.3 Å². The van der Waals surface area contributed by atoms with Gasteiger partial charge in [-0.2, -0.15) is 0 Å². The molecule has 0 atom stereocenters. The molecule has 1 fully saturated rings. The van der Waals surface area contributed by atoms with Gasteiger partial charge in [-0.3, -0.25) is 16.0 Å². The van der Waals surface area contributed by atoms with E-state index in [1.54, 1.807) is 18.2 Å². The molecule has 110 valence electrons. The quantitative estimate of drug-likeness (QED) is 0.502. The lowest BCUT2D eigenvalue weighted by molar-refractivity contribution is -0.383. The van der Waals surface area contributed by atoms with Crippen molar-refractivity contribution < 1.29 is 4.92 Å². The summed E-state index contributed by atoms with van der Waals surface area (Å²) in [5, 5.41) is 11.3. The van der Waals surface area contributed by atoms with Crippen LogP contribution in [0.4, 0.5) is 17.1 Å². The number of piperidine rings is 1. The summed E-state index contributed by atoms with van der Waals surface area (Å²) < 4.78 is 0. The van der Waals surface area contributed by atoms with E-state index >= 15 is 0 Å². The van der Waals surface area contributed by atoms with Gasteiger partial charge in [0, 0.05) is 13.1 Å². The van der Waals surface area contributed by atoms with Crippen LogP contribution in [-0.2, 0) is 0 Å². The molecule has 1 saturated heterocycles. The van der Waals surface area contributed by atoms with Gasteiger partial charge in [-0.1, -0.05) is 19.9 Å². The maximum Gasteiger partial charge on any atom is 0.316 e. The van der Waals surface area contributed by atoms with E-state index in [0.717, 1.165) is 25.9 Å². The number of nitrogen functional groups attached to an aromatic ring is 1. The van der Waals surface area contributed by atoms with Crippen molar-refractivity contribution in [3.8, 4) is 0 Å². The highest BCUT2D eigenvalue weighted by molar-refractivity contribution is 5.76. The van der Waals surface area contributed by atoms with Gasteiger partial charge < -0.3 is 10.3 Å². The highest BCUT2D eigenvalue weighted by atomic mass is 16.6. The lowest BCUT2D eigenvalue weighted by Gasteiger charge is -2.35. The number of rotatable bonds is 4. The van der Waals surface area contributed by atoms with Gasteiger partial charge in [-0.15, -0.1) is 0 Å². The zero-order chi connectivity index (χ0) is 14.7. The largest absolute Gasteiger partial charge is 0.366 e. The number of nitrogens with one attached hydrogen (secondary N) is 1. The molecule has 1 aromatic carbocycles. The number of para-hydroxylation sites is 1. The Hall–Kier alpha value is -1.82. The molecule has 0 aromatic heterocycles. The number of nitro groups is 1. The highest BCUT2D eigenvalue weighted by Gasteiger charge is 2.27. The third-order valence-electron chi connectivity index (χ3n) is 4.18. The SMILES string of the molecule is CC(C)C1CCN(c2cccc(NN)c2[N+](=O)[O-])CC1. The molecular formula is C14H22N4O2. The van der Waals surface area contributed by atoms with Gasteiger partial charge in [0.1, 0.15) is 11.4 Å². The molecule has 1 aliphatic heterocycles. The molecule has 0 radical (unpaired) electrons. The summed E-state index contributed by atoms with van der Waals surface area (Å²) >= 11 is 0. The van der Waals surface area contributed by atoms with E-state index in [2.05, 4.69) is 24.2 Å². The maximum atomic E-state index is 11.3. The van der Waals surface area contributed by atoms with Crippen LogP contribution in [0.1, 0.15) is 26.7 Å². The van der Waals surface area contributed by atoms with Gasteiger partial charge >= 0.3 is 5.69 Å². The summed E-state index contributed by atoms with van der Waals surface area (Å²) in [5.41, 5.74) is 3.50. The molecule has 6 nitrogen and oxygen atoms in total. The van der Waals surface area contributed by atoms with Crippen LogP contribution in [0.3, 0.4) is 0 Å². The molecule has 6 heteroatoms. The standard InChI is InChI=1S/C14H22N4O2/c1-10(2)11-6-8-17(9-7-11)13-5-3-4-12(16-15)14(13)18(19)20/h3-5,10-11,16H,6-9,15H2,1-2H3. The van der Waals surface area contributed by atoms with Gasteiger partial charge in [0.05, 0.1) is 4.92 Å². The van der Waals surface area contributed by atoms with E-state index in [0.29, 0.717) is 23.2 Å². The molecule has 20 heavy (non-hydrogen) atoms. The number of anilines is 2. The zero-order valence-electron chi connectivity index (χ0n) is 12.0. The van der Waals surface area contributed by atoms with Crippen molar-refractivity contribution in [3.63, 3.8) is 0 Å². The van der Waals surface area contributed by atoms with Crippen LogP contribution in [0, 0.1) is 22.0 Å². The molecule has 1 aromatic rings. The minimum absolute atomic E-state index is 0.0676.